The van der Waals surface area contributed by atoms with Crippen LogP contribution >= 0.6 is 11.6 Å². The zero-order valence-electron chi connectivity index (χ0n) is 13.2. The number of rotatable bonds is 4. The predicted molar refractivity (Wildman–Crippen MR) is 91.3 cm³/mol. The fourth-order valence-corrected chi connectivity index (χ4v) is 2.50. The van der Waals surface area contributed by atoms with E-state index in [4.69, 9.17) is 16.3 Å². The molecule has 24 heavy (non-hydrogen) atoms. The summed E-state index contributed by atoms with van der Waals surface area (Å²) < 4.78 is 6.54. The molecule has 122 valence electrons. The van der Waals surface area contributed by atoms with Crippen molar-refractivity contribution in [3.05, 3.63) is 58.9 Å². The highest BCUT2D eigenvalue weighted by Crippen LogP contribution is 2.27. The first-order valence-electron chi connectivity index (χ1n) is 7.29. The average Bonchev–Trinajstić information content (AvgIpc) is 2.91. The Morgan fingerprint density at radius 1 is 1.29 bits per heavy atom. The number of azo groups is 1. The molecule has 1 aromatic carbocycles. The predicted octanol–water partition coefficient (Wildman–Crippen LogP) is 4.43. The van der Waals surface area contributed by atoms with Crippen molar-refractivity contribution >= 4 is 34.7 Å². The highest BCUT2D eigenvalue weighted by atomic mass is 35.5. The van der Waals surface area contributed by atoms with Crippen LogP contribution in [-0.4, -0.2) is 22.5 Å². The van der Waals surface area contributed by atoms with Gasteiger partial charge in [-0.05, 0) is 36.8 Å². The van der Waals surface area contributed by atoms with Crippen molar-refractivity contribution in [1.82, 2.24) is 9.38 Å². The van der Waals surface area contributed by atoms with Crippen LogP contribution in [0.5, 0.6) is 0 Å². The second-order valence-electron chi connectivity index (χ2n) is 5.20. The zero-order valence-corrected chi connectivity index (χ0v) is 14.0. The Morgan fingerprint density at radius 2 is 2.12 bits per heavy atom. The van der Waals surface area contributed by atoms with Gasteiger partial charge in [0.1, 0.15) is 5.65 Å². The van der Waals surface area contributed by atoms with Crippen molar-refractivity contribution in [1.29, 1.82) is 0 Å². The molecule has 0 aliphatic heterocycles. The topological polar surface area (TPSA) is 68.3 Å². The van der Waals surface area contributed by atoms with Gasteiger partial charge in [0, 0.05) is 11.2 Å². The smallest absolute Gasteiger partial charge is 0.311 e. The Kier molecular flexibility index (Phi) is 4.57. The van der Waals surface area contributed by atoms with Gasteiger partial charge < -0.3 is 4.74 Å². The maximum atomic E-state index is 11.7. The first-order chi connectivity index (χ1) is 11.6. The molecule has 0 atom stereocenters. The lowest BCUT2D eigenvalue weighted by molar-refractivity contribution is -0.139. The van der Waals surface area contributed by atoms with Crippen molar-refractivity contribution < 1.29 is 9.53 Å². The number of esters is 1. The molecule has 0 amide bonds. The van der Waals surface area contributed by atoms with Crippen LogP contribution in [0, 0.1) is 6.92 Å². The van der Waals surface area contributed by atoms with Crippen LogP contribution in [-0.2, 0) is 16.0 Å². The molecule has 2 aromatic heterocycles. The van der Waals surface area contributed by atoms with Gasteiger partial charge in [0.25, 0.3) is 0 Å². The molecule has 3 aromatic rings. The number of carbonyl (C=O) groups excluding carboxylic acids is 1. The maximum absolute atomic E-state index is 11.7. The second-order valence-corrected chi connectivity index (χ2v) is 5.64. The number of carbonyl (C=O) groups is 1. The fourth-order valence-electron chi connectivity index (χ4n) is 2.32. The molecule has 0 saturated carbocycles. The molecule has 0 aliphatic carbocycles. The third kappa shape index (κ3) is 3.28. The van der Waals surface area contributed by atoms with E-state index in [1.807, 2.05) is 29.7 Å². The molecule has 3 rings (SSSR count). The molecule has 0 aliphatic rings. The number of hydrogen-bond acceptors (Lipinski definition) is 5. The Morgan fingerprint density at radius 3 is 2.88 bits per heavy atom. The molecule has 2 heterocycles. The van der Waals surface area contributed by atoms with Crippen molar-refractivity contribution in [2.45, 2.75) is 13.3 Å². The number of nitrogens with zero attached hydrogens (tertiary/aromatic N) is 4. The van der Waals surface area contributed by atoms with Crippen LogP contribution in [0.1, 0.15) is 11.3 Å². The summed E-state index contributed by atoms with van der Waals surface area (Å²) in [6, 6.07) is 10.9. The number of aromatic nitrogens is 2. The minimum atomic E-state index is -0.379. The molecule has 0 unspecified atom stereocenters. The van der Waals surface area contributed by atoms with Gasteiger partial charge in [0.05, 0.1) is 24.9 Å². The van der Waals surface area contributed by atoms with E-state index in [1.165, 1.54) is 7.11 Å². The summed E-state index contributed by atoms with van der Waals surface area (Å²) >= 11 is 5.96. The summed E-state index contributed by atoms with van der Waals surface area (Å²) in [6.45, 7) is 1.95. The summed E-state index contributed by atoms with van der Waals surface area (Å²) in [5.41, 5.74) is 2.85. The van der Waals surface area contributed by atoms with E-state index in [0.717, 1.165) is 11.2 Å². The monoisotopic (exact) mass is 342 g/mol. The van der Waals surface area contributed by atoms with Gasteiger partial charge in [0.15, 0.2) is 5.82 Å². The lowest BCUT2D eigenvalue weighted by Crippen LogP contribution is -2.04. The van der Waals surface area contributed by atoms with Crippen molar-refractivity contribution in [3.63, 3.8) is 0 Å². The lowest BCUT2D eigenvalue weighted by Gasteiger charge is -1.99. The molecule has 0 fully saturated rings. The normalized spacial score (nSPS) is 11.3. The molecular formula is C17H15ClN4O2. The molecule has 6 nitrogen and oxygen atoms in total. The van der Waals surface area contributed by atoms with E-state index >= 15 is 0 Å². The van der Waals surface area contributed by atoms with Crippen LogP contribution in [0.3, 0.4) is 0 Å². The SMILES string of the molecule is COC(=O)Cc1nc2c(C)cccn2c1N=Nc1cccc(Cl)c1. The number of hydrogen-bond donors (Lipinski definition) is 0. The van der Waals surface area contributed by atoms with Crippen LogP contribution < -0.4 is 0 Å². The van der Waals surface area contributed by atoms with Crippen molar-refractivity contribution in [2.24, 2.45) is 10.2 Å². The first-order valence-corrected chi connectivity index (χ1v) is 7.67. The molecule has 0 radical (unpaired) electrons. The van der Waals surface area contributed by atoms with Crippen LogP contribution in [0.2, 0.25) is 5.02 Å². The van der Waals surface area contributed by atoms with Crippen molar-refractivity contribution in [2.75, 3.05) is 7.11 Å². The van der Waals surface area contributed by atoms with Crippen molar-refractivity contribution in [3.8, 4) is 0 Å². The lowest BCUT2D eigenvalue weighted by atomic mass is 10.3. The van der Waals surface area contributed by atoms with E-state index in [2.05, 4.69) is 15.2 Å². The van der Waals surface area contributed by atoms with Crippen LogP contribution in [0.4, 0.5) is 11.5 Å². The number of aryl methyl sites for hydroxylation is 1. The van der Waals surface area contributed by atoms with E-state index in [9.17, 15) is 4.79 Å². The van der Waals surface area contributed by atoms with E-state index in [-0.39, 0.29) is 12.4 Å². The molecule has 0 spiro atoms. The third-order valence-corrected chi connectivity index (χ3v) is 3.73. The van der Waals surface area contributed by atoms with E-state index < -0.39 is 0 Å². The Hall–Kier alpha value is -2.73. The van der Waals surface area contributed by atoms with Gasteiger partial charge in [-0.2, -0.15) is 0 Å². The standard InChI is InChI=1S/C17H15ClN4O2/c1-11-5-4-8-22-16(11)19-14(10-15(23)24-2)17(22)21-20-13-7-3-6-12(18)9-13/h3-9H,10H2,1-2H3. The molecule has 7 heteroatoms. The highest BCUT2D eigenvalue weighted by Gasteiger charge is 2.16. The number of benzene rings is 1. The average molecular weight is 343 g/mol. The number of fused-ring (bicyclic) bond motifs is 1. The van der Waals surface area contributed by atoms with Crippen LogP contribution in [0.25, 0.3) is 5.65 Å². The molecule has 0 N–H and O–H groups in total. The van der Waals surface area contributed by atoms with Gasteiger partial charge in [-0.3, -0.25) is 9.20 Å². The number of ether oxygens (including phenoxy) is 1. The summed E-state index contributed by atoms with van der Waals surface area (Å²) in [6.07, 6.45) is 1.87. The third-order valence-electron chi connectivity index (χ3n) is 3.50. The van der Waals surface area contributed by atoms with Gasteiger partial charge in [-0.25, -0.2) is 4.98 Å². The first kappa shape index (κ1) is 16.1. The minimum absolute atomic E-state index is 0.0293. The van der Waals surface area contributed by atoms with E-state index in [0.29, 0.717) is 22.2 Å². The second kappa shape index (κ2) is 6.80. The Balaban J connectivity index is 2.08. The molecular weight excluding hydrogens is 328 g/mol. The van der Waals surface area contributed by atoms with Gasteiger partial charge in [0.2, 0.25) is 0 Å². The number of methoxy groups -OCH3 is 1. The Bertz CT molecular complexity index is 933. The van der Waals surface area contributed by atoms with Gasteiger partial charge in [-0.15, -0.1) is 10.2 Å². The van der Waals surface area contributed by atoms with E-state index in [1.54, 1.807) is 24.3 Å². The van der Waals surface area contributed by atoms with Gasteiger partial charge >= 0.3 is 5.97 Å². The zero-order chi connectivity index (χ0) is 17.1. The summed E-state index contributed by atoms with van der Waals surface area (Å²) in [5, 5.41) is 9.08. The molecule has 0 saturated heterocycles. The number of pyridine rings is 1. The summed E-state index contributed by atoms with van der Waals surface area (Å²) in [5.74, 6) is 0.120. The summed E-state index contributed by atoms with van der Waals surface area (Å²) in [4.78, 5) is 16.2. The Labute approximate surface area is 143 Å². The number of imidazole rings is 1. The minimum Gasteiger partial charge on any atom is -0.469 e. The maximum Gasteiger partial charge on any atom is 0.311 e. The largest absolute Gasteiger partial charge is 0.469 e. The highest BCUT2D eigenvalue weighted by molar-refractivity contribution is 6.30. The molecule has 0 bridgehead atoms. The number of halogens is 1. The summed E-state index contributed by atoms with van der Waals surface area (Å²) in [7, 11) is 1.34. The van der Waals surface area contributed by atoms with Crippen LogP contribution in [0.15, 0.2) is 52.8 Å². The van der Waals surface area contributed by atoms with Gasteiger partial charge in [-0.1, -0.05) is 23.7 Å². The quantitative estimate of drug-likeness (QED) is 0.520. The fraction of sp³-hybridized carbons (Fsp3) is 0.176.